The molecule has 2 heterocycles. The Morgan fingerprint density at radius 1 is 1.43 bits per heavy atom. The van der Waals surface area contributed by atoms with Crippen LogP contribution in [0.3, 0.4) is 0 Å². The Morgan fingerprint density at radius 2 is 2.14 bits per heavy atom. The second kappa shape index (κ2) is 5.55. The van der Waals surface area contributed by atoms with E-state index in [2.05, 4.69) is 31.1 Å². The molecule has 0 fully saturated rings. The van der Waals surface area contributed by atoms with Crippen molar-refractivity contribution in [2.24, 2.45) is 10.2 Å². The van der Waals surface area contributed by atoms with Gasteiger partial charge < -0.3 is 9.84 Å². The first kappa shape index (κ1) is 15.0. The molecule has 0 aromatic carbocycles. The molecule has 9 heteroatoms. The van der Waals surface area contributed by atoms with Crippen LogP contribution in [0.5, 0.6) is 0 Å². The highest BCUT2D eigenvalue weighted by Gasteiger charge is 2.39. The number of halogens is 3. The minimum Gasteiger partial charge on any atom is -0.350 e. The summed E-state index contributed by atoms with van der Waals surface area (Å²) in [6, 6.07) is 0.551. The van der Waals surface area contributed by atoms with Crippen LogP contribution in [0.25, 0.3) is 0 Å². The van der Waals surface area contributed by atoms with Crippen LogP contribution in [-0.4, -0.2) is 23.3 Å². The van der Waals surface area contributed by atoms with Gasteiger partial charge in [-0.3, -0.25) is 4.79 Å². The minimum atomic E-state index is -4.65. The number of nitrogens with one attached hydrogen (secondary N) is 1. The monoisotopic (exact) mass is 300 g/mol. The van der Waals surface area contributed by atoms with Gasteiger partial charge >= 0.3 is 6.18 Å². The molecule has 0 radical (unpaired) electrons. The van der Waals surface area contributed by atoms with E-state index in [9.17, 15) is 18.0 Å². The second-order valence-electron chi connectivity index (χ2n) is 4.47. The predicted octanol–water partition coefficient (Wildman–Crippen LogP) is 2.39. The summed E-state index contributed by atoms with van der Waals surface area (Å²) < 4.78 is 41.3. The maximum atomic E-state index is 12.3. The molecule has 2 rings (SSSR count). The lowest BCUT2D eigenvalue weighted by Crippen LogP contribution is -2.28. The van der Waals surface area contributed by atoms with Gasteiger partial charge in [-0.1, -0.05) is 5.16 Å². The van der Waals surface area contributed by atoms with Crippen LogP contribution < -0.4 is 5.32 Å². The first-order valence-electron chi connectivity index (χ1n) is 6.06. The fourth-order valence-electron chi connectivity index (χ4n) is 1.65. The van der Waals surface area contributed by atoms with Crippen molar-refractivity contribution in [3.05, 3.63) is 17.5 Å². The van der Waals surface area contributed by atoms with Gasteiger partial charge in [0.1, 0.15) is 0 Å². The predicted molar refractivity (Wildman–Crippen MR) is 64.1 cm³/mol. The van der Waals surface area contributed by atoms with Gasteiger partial charge in [0, 0.05) is 31.9 Å². The quantitative estimate of drug-likeness (QED) is 0.819. The molecule has 1 aromatic rings. The Hall–Kier alpha value is -2.37. The van der Waals surface area contributed by atoms with E-state index in [-0.39, 0.29) is 6.54 Å². The molecule has 1 aromatic heterocycles. The number of carbonyl (C=O) groups excluding carboxylic acids is 1. The molecule has 0 aliphatic carbocycles. The van der Waals surface area contributed by atoms with Gasteiger partial charge in [-0.2, -0.15) is 23.4 Å². The lowest BCUT2D eigenvalue weighted by molar-refractivity contribution is -0.142. The fourth-order valence-corrected chi connectivity index (χ4v) is 1.65. The third-order valence-corrected chi connectivity index (χ3v) is 2.89. The minimum absolute atomic E-state index is 0.193. The summed E-state index contributed by atoms with van der Waals surface area (Å²) in [5, 5.41) is 13.0. The maximum Gasteiger partial charge on any atom is 0.436 e. The SMILES string of the molecule is C#CCCC1(CCNC(=O)c2cc(C(F)(F)F)no2)N=N1. The fraction of sp³-hybridized carbons (Fsp3) is 0.500. The number of carbonyl (C=O) groups is 1. The van der Waals surface area contributed by atoms with E-state index in [1.807, 2.05) is 0 Å². The van der Waals surface area contributed by atoms with Crippen molar-refractivity contribution < 1.29 is 22.5 Å². The van der Waals surface area contributed by atoms with E-state index < -0.39 is 29.2 Å². The summed E-state index contributed by atoms with van der Waals surface area (Å²) in [6.45, 7) is 0.193. The standard InChI is InChI=1S/C12H11F3N4O2/c1-2-3-4-11(18-19-11)5-6-16-10(20)8-7-9(17-21-8)12(13,14)15/h1,7H,3-6H2,(H,16,20). The third kappa shape index (κ3) is 3.81. The van der Waals surface area contributed by atoms with Crippen molar-refractivity contribution in [1.29, 1.82) is 0 Å². The van der Waals surface area contributed by atoms with E-state index >= 15 is 0 Å². The lowest BCUT2D eigenvalue weighted by atomic mass is 10.0. The molecule has 0 spiro atoms. The molecule has 6 nitrogen and oxygen atoms in total. The van der Waals surface area contributed by atoms with Gasteiger partial charge in [0.05, 0.1) is 0 Å². The summed E-state index contributed by atoms with van der Waals surface area (Å²) in [7, 11) is 0. The Balaban J connectivity index is 1.80. The van der Waals surface area contributed by atoms with Crippen molar-refractivity contribution in [3.63, 3.8) is 0 Å². The number of nitrogens with zero attached hydrogens (tertiary/aromatic N) is 3. The summed E-state index contributed by atoms with van der Waals surface area (Å²) in [6.07, 6.45) is 2.02. The third-order valence-electron chi connectivity index (χ3n) is 2.89. The zero-order chi connectivity index (χ0) is 15.5. The summed E-state index contributed by atoms with van der Waals surface area (Å²) >= 11 is 0. The molecule has 0 atom stereocenters. The molecule has 0 bridgehead atoms. The second-order valence-corrected chi connectivity index (χ2v) is 4.47. The highest BCUT2D eigenvalue weighted by Crippen LogP contribution is 2.36. The Labute approximate surface area is 117 Å². The number of hydrogen-bond acceptors (Lipinski definition) is 5. The molecule has 1 aliphatic rings. The average molecular weight is 300 g/mol. The van der Waals surface area contributed by atoms with Crippen LogP contribution in [0.4, 0.5) is 13.2 Å². The van der Waals surface area contributed by atoms with Gasteiger partial charge in [0.2, 0.25) is 5.76 Å². The van der Waals surface area contributed by atoms with Crippen molar-refractivity contribution in [2.75, 3.05) is 6.54 Å². The number of hydrogen-bond donors (Lipinski definition) is 1. The first-order valence-corrected chi connectivity index (χ1v) is 6.06. The van der Waals surface area contributed by atoms with Gasteiger partial charge in [-0.25, -0.2) is 0 Å². The van der Waals surface area contributed by atoms with Crippen molar-refractivity contribution in [1.82, 2.24) is 10.5 Å². The zero-order valence-corrected chi connectivity index (χ0v) is 10.8. The van der Waals surface area contributed by atoms with Crippen LogP contribution in [0.15, 0.2) is 20.8 Å². The van der Waals surface area contributed by atoms with Gasteiger partial charge in [0.15, 0.2) is 11.4 Å². The zero-order valence-electron chi connectivity index (χ0n) is 10.8. The van der Waals surface area contributed by atoms with Crippen LogP contribution >= 0.6 is 0 Å². The van der Waals surface area contributed by atoms with Crippen LogP contribution in [0.1, 0.15) is 35.5 Å². The van der Waals surface area contributed by atoms with Crippen LogP contribution in [0.2, 0.25) is 0 Å². The number of aromatic nitrogens is 1. The largest absolute Gasteiger partial charge is 0.436 e. The Kier molecular flexibility index (Phi) is 3.97. The van der Waals surface area contributed by atoms with Crippen molar-refractivity contribution in [3.8, 4) is 12.3 Å². The van der Waals surface area contributed by atoms with Crippen LogP contribution in [-0.2, 0) is 6.18 Å². The van der Waals surface area contributed by atoms with E-state index in [0.717, 1.165) is 0 Å². The molecular formula is C12H11F3N4O2. The highest BCUT2D eigenvalue weighted by atomic mass is 19.4. The van der Waals surface area contributed by atoms with Crippen molar-refractivity contribution in [2.45, 2.75) is 31.1 Å². The van der Waals surface area contributed by atoms with Gasteiger partial charge in [0.25, 0.3) is 5.91 Å². The molecule has 1 amide bonds. The van der Waals surface area contributed by atoms with Crippen molar-refractivity contribution >= 4 is 5.91 Å². The topological polar surface area (TPSA) is 79.9 Å². The Morgan fingerprint density at radius 3 is 2.67 bits per heavy atom. The molecule has 1 aliphatic heterocycles. The maximum absolute atomic E-state index is 12.3. The smallest absolute Gasteiger partial charge is 0.350 e. The first-order chi connectivity index (χ1) is 9.86. The summed E-state index contributed by atoms with van der Waals surface area (Å²) in [5.41, 5.74) is -1.80. The highest BCUT2D eigenvalue weighted by molar-refractivity contribution is 5.91. The van der Waals surface area contributed by atoms with Crippen LogP contribution in [0, 0.1) is 12.3 Å². The van der Waals surface area contributed by atoms with Gasteiger partial charge in [-0.05, 0) is 0 Å². The van der Waals surface area contributed by atoms with E-state index in [4.69, 9.17) is 6.42 Å². The molecule has 0 saturated heterocycles. The summed E-state index contributed by atoms with van der Waals surface area (Å²) in [5.74, 6) is 1.20. The average Bonchev–Trinajstić information content (AvgIpc) is 2.99. The van der Waals surface area contributed by atoms with Gasteiger partial charge in [-0.15, -0.1) is 12.3 Å². The summed E-state index contributed by atoms with van der Waals surface area (Å²) in [4.78, 5) is 11.6. The number of terminal acetylenes is 1. The molecule has 0 saturated carbocycles. The molecule has 112 valence electrons. The normalized spacial score (nSPS) is 15.5. The molecule has 1 N–H and O–H groups in total. The van der Waals surface area contributed by atoms with E-state index in [0.29, 0.717) is 25.3 Å². The Bertz CT molecular complexity index is 594. The number of rotatable bonds is 6. The molecular weight excluding hydrogens is 289 g/mol. The molecule has 0 unspecified atom stereocenters. The van der Waals surface area contributed by atoms with E-state index in [1.54, 1.807) is 0 Å². The number of alkyl halides is 3. The number of amides is 1. The van der Waals surface area contributed by atoms with E-state index in [1.165, 1.54) is 0 Å². The lowest BCUT2D eigenvalue weighted by Gasteiger charge is -2.08. The molecule has 21 heavy (non-hydrogen) atoms.